The molecule has 3 N–H and O–H groups in total. The molecule has 0 spiro atoms. The lowest BCUT2D eigenvalue weighted by Gasteiger charge is -2.13. The summed E-state index contributed by atoms with van der Waals surface area (Å²) in [5.74, 6) is -1.29. The first-order valence-electron chi connectivity index (χ1n) is 7.27. The summed E-state index contributed by atoms with van der Waals surface area (Å²) in [7, 11) is -4.03. The summed E-state index contributed by atoms with van der Waals surface area (Å²) < 4.78 is 40.9. The van der Waals surface area contributed by atoms with Crippen LogP contribution in [0.25, 0.3) is 0 Å². The van der Waals surface area contributed by atoms with Crippen molar-refractivity contribution in [2.75, 3.05) is 15.4 Å². The van der Waals surface area contributed by atoms with Crippen LogP contribution >= 0.6 is 0 Å². The van der Waals surface area contributed by atoms with Crippen LogP contribution in [0.1, 0.15) is 12.5 Å². The molecule has 2 amide bonds. The van der Waals surface area contributed by atoms with Crippen LogP contribution in [0.15, 0.2) is 41.3 Å². The van der Waals surface area contributed by atoms with Gasteiger partial charge >= 0.3 is 0 Å². The molecule has 0 fully saturated rings. The molecule has 1 aliphatic heterocycles. The van der Waals surface area contributed by atoms with Gasteiger partial charge in [0, 0.05) is 18.7 Å². The molecule has 0 bridgehead atoms. The molecule has 2 aromatic carbocycles. The maximum Gasteiger partial charge on any atom is 0.261 e. The molecule has 0 saturated carbocycles. The third-order valence-corrected chi connectivity index (χ3v) is 4.91. The molecule has 25 heavy (non-hydrogen) atoms. The Kier molecular flexibility index (Phi) is 4.17. The van der Waals surface area contributed by atoms with E-state index in [-0.39, 0.29) is 28.6 Å². The van der Waals surface area contributed by atoms with Crippen LogP contribution in [0.2, 0.25) is 0 Å². The van der Waals surface area contributed by atoms with Crippen molar-refractivity contribution in [3.63, 3.8) is 0 Å². The van der Waals surface area contributed by atoms with Gasteiger partial charge in [-0.3, -0.25) is 14.3 Å². The molecule has 3 rings (SSSR count). The normalized spacial score (nSPS) is 13.1. The van der Waals surface area contributed by atoms with Crippen LogP contribution in [0.5, 0.6) is 0 Å². The smallest absolute Gasteiger partial charge is 0.261 e. The summed E-state index contributed by atoms with van der Waals surface area (Å²) in [5.41, 5.74) is 1.17. The first-order chi connectivity index (χ1) is 11.7. The molecular formula is C16H14FN3O4S. The van der Waals surface area contributed by atoms with Gasteiger partial charge in [0.2, 0.25) is 11.8 Å². The Bertz CT molecular complexity index is 989. The number of nitrogens with one attached hydrogen (secondary N) is 3. The van der Waals surface area contributed by atoms with E-state index in [9.17, 15) is 22.4 Å². The Labute approximate surface area is 143 Å². The fourth-order valence-corrected chi connectivity index (χ4v) is 3.60. The monoisotopic (exact) mass is 363 g/mol. The molecule has 0 radical (unpaired) electrons. The summed E-state index contributed by atoms with van der Waals surface area (Å²) in [6.07, 6.45) is 0.0931. The molecular weight excluding hydrogens is 349 g/mol. The largest absolute Gasteiger partial charge is 0.326 e. The summed E-state index contributed by atoms with van der Waals surface area (Å²) in [6.45, 7) is 1.26. The maximum atomic E-state index is 13.5. The van der Waals surface area contributed by atoms with Crippen LogP contribution < -0.4 is 15.4 Å². The highest BCUT2D eigenvalue weighted by Crippen LogP contribution is 2.29. The van der Waals surface area contributed by atoms with E-state index in [4.69, 9.17) is 0 Å². The van der Waals surface area contributed by atoms with Crippen molar-refractivity contribution in [2.24, 2.45) is 0 Å². The lowest BCUT2D eigenvalue weighted by Crippen LogP contribution is -2.16. The number of anilines is 3. The molecule has 1 aliphatic rings. The predicted molar refractivity (Wildman–Crippen MR) is 90.3 cm³/mol. The van der Waals surface area contributed by atoms with E-state index in [0.717, 1.165) is 12.1 Å². The van der Waals surface area contributed by atoms with Gasteiger partial charge in [0.25, 0.3) is 10.0 Å². The number of rotatable bonds is 4. The van der Waals surface area contributed by atoms with Crippen LogP contribution in [0.3, 0.4) is 0 Å². The molecule has 7 nitrogen and oxygen atoms in total. The van der Waals surface area contributed by atoms with Crippen molar-refractivity contribution in [2.45, 2.75) is 18.2 Å². The summed E-state index contributed by atoms with van der Waals surface area (Å²) in [4.78, 5) is 22.5. The second-order valence-corrected chi connectivity index (χ2v) is 7.20. The third-order valence-electron chi connectivity index (χ3n) is 3.55. The Morgan fingerprint density at radius 2 is 1.92 bits per heavy atom. The zero-order valence-electron chi connectivity index (χ0n) is 13.1. The number of carbonyl (C=O) groups is 2. The highest BCUT2D eigenvalue weighted by atomic mass is 32.2. The SMILES string of the molecule is CC(=O)Nc1ccc(F)cc1NS(=O)(=O)c1ccc2c(c1)CC(=O)N2. The third kappa shape index (κ3) is 3.61. The van der Waals surface area contributed by atoms with Gasteiger partial charge in [0.05, 0.1) is 22.7 Å². The van der Waals surface area contributed by atoms with Gasteiger partial charge in [-0.2, -0.15) is 0 Å². The minimum absolute atomic E-state index is 0.0687. The number of amides is 2. The molecule has 0 atom stereocenters. The molecule has 1 heterocycles. The average molecular weight is 363 g/mol. The fourth-order valence-electron chi connectivity index (χ4n) is 2.48. The fraction of sp³-hybridized carbons (Fsp3) is 0.125. The second kappa shape index (κ2) is 6.17. The molecule has 0 saturated heterocycles. The number of hydrogen-bond acceptors (Lipinski definition) is 4. The number of hydrogen-bond donors (Lipinski definition) is 3. The van der Waals surface area contributed by atoms with Crippen molar-refractivity contribution >= 4 is 38.9 Å². The Balaban J connectivity index is 1.95. The molecule has 0 aromatic heterocycles. The van der Waals surface area contributed by atoms with Gasteiger partial charge in [-0.25, -0.2) is 12.8 Å². The summed E-state index contributed by atoms with van der Waals surface area (Å²) in [5, 5.41) is 5.05. The zero-order valence-corrected chi connectivity index (χ0v) is 13.9. The van der Waals surface area contributed by atoms with Gasteiger partial charge in [-0.05, 0) is 35.9 Å². The number of fused-ring (bicyclic) bond motifs is 1. The van der Waals surface area contributed by atoms with Crippen LogP contribution in [-0.2, 0) is 26.0 Å². The van der Waals surface area contributed by atoms with Crippen molar-refractivity contribution in [3.8, 4) is 0 Å². The Hall–Kier alpha value is -2.94. The second-order valence-electron chi connectivity index (χ2n) is 5.52. The quantitative estimate of drug-likeness (QED) is 0.773. The summed E-state index contributed by atoms with van der Waals surface area (Å²) in [6, 6.07) is 7.56. The van der Waals surface area contributed by atoms with E-state index < -0.39 is 21.7 Å². The molecule has 9 heteroatoms. The average Bonchev–Trinajstić information content (AvgIpc) is 2.88. The van der Waals surface area contributed by atoms with Crippen molar-refractivity contribution in [1.29, 1.82) is 0 Å². The zero-order chi connectivity index (χ0) is 18.2. The van der Waals surface area contributed by atoms with Crippen molar-refractivity contribution < 1.29 is 22.4 Å². The Morgan fingerprint density at radius 3 is 2.64 bits per heavy atom. The first kappa shape index (κ1) is 16.9. The number of benzene rings is 2. The molecule has 0 aliphatic carbocycles. The Morgan fingerprint density at radius 1 is 1.16 bits per heavy atom. The first-order valence-corrected chi connectivity index (χ1v) is 8.76. The lowest BCUT2D eigenvalue weighted by atomic mass is 10.2. The van der Waals surface area contributed by atoms with E-state index >= 15 is 0 Å². The number of sulfonamides is 1. The van der Waals surface area contributed by atoms with E-state index in [1.54, 1.807) is 0 Å². The van der Waals surface area contributed by atoms with Crippen LogP contribution in [-0.4, -0.2) is 20.2 Å². The van der Waals surface area contributed by atoms with E-state index in [1.807, 2.05) is 0 Å². The van der Waals surface area contributed by atoms with Crippen LogP contribution in [0, 0.1) is 5.82 Å². The molecule has 0 unspecified atom stereocenters. The van der Waals surface area contributed by atoms with Gasteiger partial charge in [0.15, 0.2) is 0 Å². The maximum absolute atomic E-state index is 13.5. The highest BCUT2D eigenvalue weighted by molar-refractivity contribution is 7.92. The topological polar surface area (TPSA) is 104 Å². The predicted octanol–water partition coefficient (Wildman–Crippen LogP) is 2.08. The number of carbonyl (C=O) groups excluding carboxylic acids is 2. The van der Waals surface area contributed by atoms with E-state index in [2.05, 4.69) is 15.4 Å². The standard InChI is InChI=1S/C16H14FN3O4S/c1-9(21)18-14-4-2-11(17)8-15(14)20-25(23,24)12-3-5-13-10(6-12)7-16(22)19-13/h2-6,8,20H,7H2,1H3,(H,18,21)(H,19,22). The van der Waals surface area contributed by atoms with Crippen molar-refractivity contribution in [1.82, 2.24) is 0 Å². The molecule has 2 aromatic rings. The molecule has 130 valence electrons. The summed E-state index contributed by atoms with van der Waals surface area (Å²) >= 11 is 0. The van der Waals surface area contributed by atoms with Gasteiger partial charge < -0.3 is 10.6 Å². The lowest BCUT2D eigenvalue weighted by molar-refractivity contribution is -0.115. The highest BCUT2D eigenvalue weighted by Gasteiger charge is 2.22. The van der Waals surface area contributed by atoms with Crippen LogP contribution in [0.4, 0.5) is 21.5 Å². The van der Waals surface area contributed by atoms with Gasteiger partial charge in [0.1, 0.15) is 5.82 Å². The van der Waals surface area contributed by atoms with Crippen molar-refractivity contribution in [3.05, 3.63) is 47.8 Å². The number of halogens is 1. The van der Waals surface area contributed by atoms with E-state index in [0.29, 0.717) is 11.3 Å². The minimum atomic E-state index is -4.03. The van der Waals surface area contributed by atoms with E-state index in [1.165, 1.54) is 31.2 Å². The minimum Gasteiger partial charge on any atom is -0.326 e. The van der Waals surface area contributed by atoms with Gasteiger partial charge in [-0.1, -0.05) is 0 Å². The van der Waals surface area contributed by atoms with Gasteiger partial charge in [-0.15, -0.1) is 0 Å².